The Labute approximate surface area is 158 Å². The highest BCUT2D eigenvalue weighted by molar-refractivity contribution is 6.31. The van der Waals surface area contributed by atoms with Crippen LogP contribution in [0.25, 0.3) is 0 Å². The smallest absolute Gasteiger partial charge is 0.305 e. The third kappa shape index (κ3) is 4.70. The summed E-state index contributed by atoms with van der Waals surface area (Å²) >= 11 is 6.00. The van der Waals surface area contributed by atoms with Crippen LogP contribution in [0.2, 0.25) is 5.02 Å². The van der Waals surface area contributed by atoms with E-state index in [4.69, 9.17) is 16.7 Å². The second-order valence-corrected chi connectivity index (χ2v) is 6.12. The molecule has 0 aliphatic carbocycles. The van der Waals surface area contributed by atoms with Crippen LogP contribution in [0.15, 0.2) is 43.0 Å². The van der Waals surface area contributed by atoms with Gasteiger partial charge in [-0.05, 0) is 12.1 Å². The zero-order chi connectivity index (χ0) is 19.4. The summed E-state index contributed by atoms with van der Waals surface area (Å²) in [5.74, 6) is -1.80. The van der Waals surface area contributed by atoms with E-state index in [9.17, 15) is 14.0 Å². The van der Waals surface area contributed by atoms with Crippen LogP contribution in [0.1, 0.15) is 22.3 Å². The normalized spacial score (nSPS) is 10.7. The number of carboxylic acids is 1. The number of amides is 1. The average molecular weight is 392 g/mol. The molecule has 3 aromatic rings. The van der Waals surface area contributed by atoms with Gasteiger partial charge in [0.1, 0.15) is 5.82 Å². The Morgan fingerprint density at radius 3 is 2.70 bits per heavy atom. The zero-order valence-electron chi connectivity index (χ0n) is 14.0. The number of rotatable bonds is 7. The first-order valence-electron chi connectivity index (χ1n) is 7.93. The van der Waals surface area contributed by atoms with Gasteiger partial charge in [0.15, 0.2) is 0 Å². The average Bonchev–Trinajstić information content (AvgIpc) is 3.26. The molecule has 2 aromatic heterocycles. The van der Waals surface area contributed by atoms with Crippen LogP contribution in [0.5, 0.6) is 0 Å². The molecule has 0 saturated heterocycles. The maximum Gasteiger partial charge on any atom is 0.305 e. The Kier molecular flexibility index (Phi) is 5.51. The van der Waals surface area contributed by atoms with E-state index in [1.165, 1.54) is 40.1 Å². The van der Waals surface area contributed by atoms with Crippen LogP contribution in [0.4, 0.5) is 10.1 Å². The molecule has 27 heavy (non-hydrogen) atoms. The van der Waals surface area contributed by atoms with Crippen molar-refractivity contribution >= 4 is 29.2 Å². The number of carbonyl (C=O) groups is 2. The lowest BCUT2D eigenvalue weighted by Crippen LogP contribution is -2.11. The molecule has 0 unspecified atom stereocenters. The Morgan fingerprint density at radius 2 is 1.96 bits per heavy atom. The van der Waals surface area contributed by atoms with E-state index in [0.717, 1.165) is 0 Å². The molecule has 0 saturated carbocycles. The van der Waals surface area contributed by atoms with Crippen LogP contribution >= 0.6 is 11.6 Å². The number of hydrogen-bond acceptors (Lipinski definition) is 4. The van der Waals surface area contributed by atoms with Crippen molar-refractivity contribution in [2.75, 3.05) is 5.32 Å². The predicted molar refractivity (Wildman–Crippen MR) is 95.2 cm³/mol. The number of halogens is 2. The number of hydrogen-bond donors (Lipinski definition) is 2. The number of carboxylic acid groups (broad SMARTS) is 1. The molecule has 0 spiro atoms. The first-order valence-corrected chi connectivity index (χ1v) is 8.31. The molecule has 2 heterocycles. The molecule has 0 bridgehead atoms. The fourth-order valence-electron chi connectivity index (χ4n) is 2.38. The van der Waals surface area contributed by atoms with E-state index < -0.39 is 17.7 Å². The van der Waals surface area contributed by atoms with Gasteiger partial charge >= 0.3 is 5.97 Å². The number of aliphatic carboxylic acids is 1. The van der Waals surface area contributed by atoms with Crippen LogP contribution in [-0.4, -0.2) is 36.5 Å². The lowest BCUT2D eigenvalue weighted by atomic mass is 10.2. The summed E-state index contributed by atoms with van der Waals surface area (Å²) in [6.07, 6.45) is 5.70. The monoisotopic (exact) mass is 391 g/mol. The van der Waals surface area contributed by atoms with Crippen molar-refractivity contribution in [1.29, 1.82) is 0 Å². The van der Waals surface area contributed by atoms with Crippen molar-refractivity contribution in [3.05, 3.63) is 65.0 Å². The molecule has 3 rings (SSSR count). The number of benzene rings is 1. The van der Waals surface area contributed by atoms with E-state index in [1.807, 2.05) is 0 Å². The van der Waals surface area contributed by atoms with Gasteiger partial charge in [-0.15, -0.1) is 0 Å². The summed E-state index contributed by atoms with van der Waals surface area (Å²) in [6, 6.07) is 4.43. The Bertz CT molecular complexity index is 964. The summed E-state index contributed by atoms with van der Waals surface area (Å²) in [4.78, 5) is 22.8. The van der Waals surface area contributed by atoms with Gasteiger partial charge < -0.3 is 10.4 Å². The molecule has 0 radical (unpaired) electrons. The van der Waals surface area contributed by atoms with Gasteiger partial charge in [-0.25, -0.2) is 4.39 Å². The van der Waals surface area contributed by atoms with Crippen molar-refractivity contribution in [1.82, 2.24) is 19.6 Å². The number of nitrogens with zero attached hydrogens (tertiary/aromatic N) is 4. The molecular weight excluding hydrogens is 377 g/mol. The van der Waals surface area contributed by atoms with Gasteiger partial charge in [-0.1, -0.05) is 17.7 Å². The Balaban J connectivity index is 1.63. The maximum absolute atomic E-state index is 13.8. The topological polar surface area (TPSA) is 102 Å². The van der Waals surface area contributed by atoms with Gasteiger partial charge in [-0.2, -0.15) is 10.2 Å². The number of aromatic nitrogens is 4. The van der Waals surface area contributed by atoms with Crippen LogP contribution in [-0.2, 0) is 17.9 Å². The standard InChI is InChI=1S/C17H15ClFN5O3/c18-14-2-1-3-15(19)13(14)10-24-9-12(7-21-24)22-17(27)11-6-20-23(8-11)5-4-16(25)26/h1-3,6-9H,4-5,10H2,(H,22,27)(H,25,26). The molecule has 0 fully saturated rings. The summed E-state index contributed by atoms with van der Waals surface area (Å²) < 4.78 is 16.7. The van der Waals surface area contributed by atoms with E-state index in [2.05, 4.69) is 15.5 Å². The minimum absolute atomic E-state index is 0.0892. The molecule has 2 N–H and O–H groups in total. The lowest BCUT2D eigenvalue weighted by molar-refractivity contribution is -0.137. The van der Waals surface area contributed by atoms with E-state index in [0.29, 0.717) is 16.3 Å². The highest BCUT2D eigenvalue weighted by atomic mass is 35.5. The van der Waals surface area contributed by atoms with Crippen molar-refractivity contribution in [2.24, 2.45) is 0 Å². The summed E-state index contributed by atoms with van der Waals surface area (Å²) in [5.41, 5.74) is 1.01. The maximum atomic E-state index is 13.8. The molecular formula is C17H15ClFN5O3. The van der Waals surface area contributed by atoms with Gasteiger partial charge in [0.2, 0.25) is 0 Å². The van der Waals surface area contributed by atoms with Crippen molar-refractivity contribution in [3.8, 4) is 0 Å². The van der Waals surface area contributed by atoms with Crippen LogP contribution in [0.3, 0.4) is 0 Å². The summed E-state index contributed by atoms with van der Waals surface area (Å²) in [6.45, 7) is 0.290. The zero-order valence-corrected chi connectivity index (χ0v) is 14.7. The fourth-order valence-corrected chi connectivity index (χ4v) is 2.60. The highest BCUT2D eigenvalue weighted by Crippen LogP contribution is 2.20. The third-order valence-corrected chi connectivity index (χ3v) is 4.08. The lowest BCUT2D eigenvalue weighted by Gasteiger charge is -2.05. The first kappa shape index (κ1) is 18.6. The van der Waals surface area contributed by atoms with Crippen LogP contribution in [0, 0.1) is 5.82 Å². The van der Waals surface area contributed by atoms with Crippen molar-refractivity contribution in [3.63, 3.8) is 0 Å². The quantitative estimate of drug-likeness (QED) is 0.644. The third-order valence-electron chi connectivity index (χ3n) is 3.72. The van der Waals surface area contributed by atoms with Gasteiger partial charge in [0, 0.05) is 23.0 Å². The number of anilines is 1. The molecule has 140 valence electrons. The van der Waals surface area contributed by atoms with Gasteiger partial charge in [-0.3, -0.25) is 19.0 Å². The van der Waals surface area contributed by atoms with Crippen molar-refractivity contribution in [2.45, 2.75) is 19.5 Å². The molecule has 0 atom stereocenters. The second kappa shape index (κ2) is 8.00. The molecule has 1 aromatic carbocycles. The summed E-state index contributed by atoms with van der Waals surface area (Å²) in [7, 11) is 0. The number of carbonyl (C=O) groups excluding carboxylic acids is 1. The molecule has 10 heteroatoms. The molecule has 8 nitrogen and oxygen atoms in total. The fraction of sp³-hybridized carbons (Fsp3) is 0.176. The van der Waals surface area contributed by atoms with Gasteiger partial charge in [0.25, 0.3) is 5.91 Å². The van der Waals surface area contributed by atoms with Crippen LogP contribution < -0.4 is 5.32 Å². The highest BCUT2D eigenvalue weighted by Gasteiger charge is 2.12. The first-order chi connectivity index (χ1) is 12.9. The minimum atomic E-state index is -0.945. The Hall–Kier alpha value is -3.20. The number of aryl methyl sites for hydroxylation is 1. The van der Waals surface area contributed by atoms with Gasteiger partial charge in [0.05, 0.1) is 43.2 Å². The molecule has 0 aliphatic heterocycles. The molecule has 0 aliphatic rings. The molecule has 1 amide bonds. The minimum Gasteiger partial charge on any atom is -0.481 e. The van der Waals surface area contributed by atoms with E-state index >= 15 is 0 Å². The SMILES string of the molecule is O=C(O)CCn1cc(C(=O)Nc2cnn(Cc3c(F)cccc3Cl)c2)cn1. The van der Waals surface area contributed by atoms with E-state index in [-0.39, 0.29) is 25.1 Å². The second-order valence-electron chi connectivity index (χ2n) is 5.72. The largest absolute Gasteiger partial charge is 0.481 e. The predicted octanol–water partition coefficient (Wildman–Crippen LogP) is 2.65. The van der Waals surface area contributed by atoms with Crippen molar-refractivity contribution < 1.29 is 19.1 Å². The Morgan fingerprint density at radius 1 is 1.19 bits per heavy atom. The van der Waals surface area contributed by atoms with E-state index in [1.54, 1.807) is 12.3 Å². The number of nitrogens with one attached hydrogen (secondary N) is 1. The summed E-state index contributed by atoms with van der Waals surface area (Å²) in [5, 5.41) is 19.6.